The van der Waals surface area contributed by atoms with Gasteiger partial charge >= 0.3 is 0 Å². The van der Waals surface area contributed by atoms with E-state index in [1.807, 2.05) is 12.1 Å². The molecule has 104 valence electrons. The summed E-state index contributed by atoms with van der Waals surface area (Å²) in [6.45, 7) is 8.29. The minimum absolute atomic E-state index is 0.184. The maximum atomic E-state index is 11.1. The molecule has 0 saturated heterocycles. The monoisotopic (exact) mass is 266 g/mol. The SMILES string of the molecule is CC(=O)Cc1ccc(-c2ccc(C(C)(C)C)cc2)cc1. The molecule has 20 heavy (non-hydrogen) atoms. The van der Waals surface area contributed by atoms with E-state index in [-0.39, 0.29) is 11.2 Å². The third kappa shape index (κ3) is 3.57. The molecule has 1 heteroatoms. The number of hydrogen-bond acceptors (Lipinski definition) is 1. The molecular formula is C19H22O. The average Bonchev–Trinajstić information content (AvgIpc) is 2.38. The standard InChI is InChI=1S/C19H22O/c1-14(20)13-15-5-7-16(8-6-15)17-9-11-18(12-10-17)19(2,3)4/h5-12H,13H2,1-4H3. The van der Waals surface area contributed by atoms with Crippen LogP contribution in [0.15, 0.2) is 48.5 Å². The van der Waals surface area contributed by atoms with Crippen molar-refractivity contribution in [1.82, 2.24) is 0 Å². The minimum atomic E-state index is 0.184. The Hall–Kier alpha value is -1.89. The Kier molecular flexibility index (Phi) is 4.08. The fourth-order valence-corrected chi connectivity index (χ4v) is 2.27. The summed E-state index contributed by atoms with van der Waals surface area (Å²) in [5.74, 6) is 0.201. The predicted octanol–water partition coefficient (Wildman–Crippen LogP) is 4.78. The van der Waals surface area contributed by atoms with Crippen LogP contribution in [0, 0.1) is 0 Å². The summed E-state index contributed by atoms with van der Waals surface area (Å²) in [7, 11) is 0. The van der Waals surface area contributed by atoms with Crippen LogP contribution >= 0.6 is 0 Å². The van der Waals surface area contributed by atoms with Gasteiger partial charge in [0.25, 0.3) is 0 Å². The lowest BCUT2D eigenvalue weighted by molar-refractivity contribution is -0.116. The molecule has 0 aromatic heterocycles. The number of hydrogen-bond donors (Lipinski definition) is 0. The Labute approximate surface area is 121 Å². The normalized spacial score (nSPS) is 11.4. The summed E-state index contributed by atoms with van der Waals surface area (Å²) in [5, 5.41) is 0. The first kappa shape index (κ1) is 14.5. The molecule has 0 spiro atoms. The number of ketones is 1. The third-order valence-electron chi connectivity index (χ3n) is 3.49. The number of rotatable bonds is 3. The van der Waals surface area contributed by atoms with E-state index in [2.05, 4.69) is 57.2 Å². The highest BCUT2D eigenvalue weighted by atomic mass is 16.1. The smallest absolute Gasteiger partial charge is 0.134 e. The zero-order valence-electron chi connectivity index (χ0n) is 12.7. The molecule has 0 saturated carbocycles. The van der Waals surface area contributed by atoms with E-state index in [0.29, 0.717) is 6.42 Å². The van der Waals surface area contributed by atoms with E-state index in [4.69, 9.17) is 0 Å². The molecule has 0 radical (unpaired) electrons. The Morgan fingerprint density at radius 1 is 0.850 bits per heavy atom. The van der Waals surface area contributed by atoms with Crippen LogP contribution in [-0.2, 0) is 16.6 Å². The van der Waals surface area contributed by atoms with Gasteiger partial charge in [-0.2, -0.15) is 0 Å². The Bertz CT molecular complexity index is 583. The number of benzene rings is 2. The van der Waals surface area contributed by atoms with Crippen molar-refractivity contribution in [3.05, 3.63) is 59.7 Å². The van der Waals surface area contributed by atoms with Gasteiger partial charge in [0.2, 0.25) is 0 Å². The molecule has 0 bridgehead atoms. The van der Waals surface area contributed by atoms with Crippen LogP contribution in [0.25, 0.3) is 11.1 Å². The lowest BCUT2D eigenvalue weighted by atomic mass is 9.86. The van der Waals surface area contributed by atoms with Crippen molar-refractivity contribution in [3.63, 3.8) is 0 Å². The number of carbonyl (C=O) groups is 1. The van der Waals surface area contributed by atoms with Crippen molar-refractivity contribution >= 4 is 5.78 Å². The van der Waals surface area contributed by atoms with Gasteiger partial charge < -0.3 is 0 Å². The molecule has 0 amide bonds. The minimum Gasteiger partial charge on any atom is -0.300 e. The van der Waals surface area contributed by atoms with Crippen molar-refractivity contribution in [1.29, 1.82) is 0 Å². The van der Waals surface area contributed by atoms with E-state index >= 15 is 0 Å². The molecule has 2 rings (SSSR count). The second kappa shape index (κ2) is 5.62. The molecule has 0 heterocycles. The quantitative estimate of drug-likeness (QED) is 0.781. The Morgan fingerprint density at radius 2 is 1.30 bits per heavy atom. The van der Waals surface area contributed by atoms with E-state index < -0.39 is 0 Å². The lowest BCUT2D eigenvalue weighted by Crippen LogP contribution is -2.10. The highest BCUT2D eigenvalue weighted by Crippen LogP contribution is 2.26. The van der Waals surface area contributed by atoms with Crippen molar-refractivity contribution in [2.24, 2.45) is 0 Å². The van der Waals surface area contributed by atoms with Gasteiger partial charge in [-0.3, -0.25) is 4.79 Å². The van der Waals surface area contributed by atoms with Crippen LogP contribution in [0.2, 0.25) is 0 Å². The van der Waals surface area contributed by atoms with Crippen molar-refractivity contribution in [2.75, 3.05) is 0 Å². The Balaban J connectivity index is 2.21. The van der Waals surface area contributed by atoms with Crippen LogP contribution in [-0.4, -0.2) is 5.78 Å². The third-order valence-corrected chi connectivity index (χ3v) is 3.49. The summed E-state index contributed by atoms with van der Waals surface area (Å²) in [6.07, 6.45) is 0.517. The Morgan fingerprint density at radius 3 is 1.70 bits per heavy atom. The number of carbonyl (C=O) groups excluding carboxylic acids is 1. The highest BCUT2D eigenvalue weighted by molar-refractivity contribution is 5.78. The first-order valence-corrected chi connectivity index (χ1v) is 7.05. The molecule has 0 aliphatic carbocycles. The molecular weight excluding hydrogens is 244 g/mol. The largest absolute Gasteiger partial charge is 0.300 e. The van der Waals surface area contributed by atoms with Crippen molar-refractivity contribution in [3.8, 4) is 11.1 Å². The van der Waals surface area contributed by atoms with Gasteiger partial charge in [-0.25, -0.2) is 0 Å². The van der Waals surface area contributed by atoms with Gasteiger partial charge in [-0.1, -0.05) is 69.3 Å². The number of Topliss-reactive ketones (excluding diaryl/α,β-unsaturated/α-hetero) is 1. The van der Waals surface area contributed by atoms with E-state index in [0.717, 1.165) is 5.56 Å². The fourth-order valence-electron chi connectivity index (χ4n) is 2.27. The molecule has 0 aliphatic rings. The molecule has 1 nitrogen and oxygen atoms in total. The van der Waals surface area contributed by atoms with Gasteiger partial charge in [-0.05, 0) is 34.6 Å². The second-order valence-corrected chi connectivity index (χ2v) is 6.40. The van der Waals surface area contributed by atoms with Crippen molar-refractivity contribution in [2.45, 2.75) is 39.5 Å². The van der Waals surface area contributed by atoms with E-state index in [1.54, 1.807) is 6.92 Å². The maximum absolute atomic E-state index is 11.1. The molecule has 2 aromatic carbocycles. The highest BCUT2D eigenvalue weighted by Gasteiger charge is 2.12. The molecule has 0 fully saturated rings. The molecule has 0 aliphatic heterocycles. The fraction of sp³-hybridized carbons (Fsp3) is 0.316. The summed E-state index contributed by atoms with van der Waals surface area (Å²) in [5.41, 5.74) is 5.01. The molecule has 0 unspecified atom stereocenters. The van der Waals surface area contributed by atoms with Crippen molar-refractivity contribution < 1.29 is 4.79 Å². The lowest BCUT2D eigenvalue weighted by Gasteiger charge is -2.19. The predicted molar refractivity (Wildman–Crippen MR) is 85.0 cm³/mol. The van der Waals surface area contributed by atoms with Gasteiger partial charge in [0.05, 0.1) is 0 Å². The first-order valence-electron chi connectivity index (χ1n) is 7.05. The molecule has 0 atom stereocenters. The average molecular weight is 266 g/mol. The van der Waals surface area contributed by atoms with Gasteiger partial charge in [-0.15, -0.1) is 0 Å². The van der Waals surface area contributed by atoms with Gasteiger partial charge in [0, 0.05) is 6.42 Å². The molecule has 2 aromatic rings. The van der Waals surface area contributed by atoms with Crippen LogP contribution in [0.5, 0.6) is 0 Å². The summed E-state index contributed by atoms with van der Waals surface area (Å²) in [6, 6.07) is 17.0. The van der Waals surface area contributed by atoms with Crippen LogP contribution in [0.4, 0.5) is 0 Å². The van der Waals surface area contributed by atoms with Crippen LogP contribution < -0.4 is 0 Å². The van der Waals surface area contributed by atoms with E-state index in [1.165, 1.54) is 16.7 Å². The van der Waals surface area contributed by atoms with E-state index in [9.17, 15) is 4.79 Å². The summed E-state index contributed by atoms with van der Waals surface area (Å²) in [4.78, 5) is 11.1. The molecule has 0 N–H and O–H groups in total. The zero-order valence-corrected chi connectivity index (χ0v) is 12.7. The summed E-state index contributed by atoms with van der Waals surface area (Å²) < 4.78 is 0. The van der Waals surface area contributed by atoms with Gasteiger partial charge in [0.1, 0.15) is 5.78 Å². The first-order chi connectivity index (χ1) is 9.36. The topological polar surface area (TPSA) is 17.1 Å². The second-order valence-electron chi connectivity index (χ2n) is 6.40. The van der Waals surface area contributed by atoms with Crippen LogP contribution in [0.1, 0.15) is 38.8 Å². The zero-order chi connectivity index (χ0) is 14.8. The maximum Gasteiger partial charge on any atom is 0.134 e. The summed E-state index contributed by atoms with van der Waals surface area (Å²) >= 11 is 0. The van der Waals surface area contributed by atoms with Crippen LogP contribution in [0.3, 0.4) is 0 Å². The van der Waals surface area contributed by atoms with Gasteiger partial charge in [0.15, 0.2) is 0 Å².